The van der Waals surface area contributed by atoms with Gasteiger partial charge in [0.1, 0.15) is 18.5 Å². The van der Waals surface area contributed by atoms with Gasteiger partial charge in [0.05, 0.1) is 5.69 Å². The number of anilines is 1. The summed E-state index contributed by atoms with van der Waals surface area (Å²) in [7, 11) is 0. The van der Waals surface area contributed by atoms with Crippen molar-refractivity contribution in [3.05, 3.63) is 42.1 Å². The Balaban J connectivity index is 1.53. The van der Waals surface area contributed by atoms with Crippen LogP contribution in [0.15, 0.2) is 36.4 Å². The number of aromatic nitrogens is 2. The minimum atomic E-state index is 0.0603. The summed E-state index contributed by atoms with van der Waals surface area (Å²) in [6.07, 6.45) is 1.75. The Bertz CT molecular complexity index is 614. The van der Waals surface area contributed by atoms with Crippen LogP contribution in [0.2, 0.25) is 0 Å². The van der Waals surface area contributed by atoms with Crippen LogP contribution in [-0.2, 0) is 6.42 Å². The molecule has 5 heteroatoms. The Labute approximate surface area is 130 Å². The summed E-state index contributed by atoms with van der Waals surface area (Å²) >= 11 is 0. The highest BCUT2D eigenvalue weighted by molar-refractivity contribution is 5.40. The first kappa shape index (κ1) is 14.6. The van der Waals surface area contributed by atoms with Gasteiger partial charge in [-0.3, -0.25) is 0 Å². The van der Waals surface area contributed by atoms with E-state index in [9.17, 15) is 0 Å². The maximum atomic E-state index is 5.94. The molecule has 1 aliphatic rings. The van der Waals surface area contributed by atoms with Crippen molar-refractivity contribution in [3.63, 3.8) is 0 Å². The van der Waals surface area contributed by atoms with Crippen molar-refractivity contribution >= 4 is 5.82 Å². The molecule has 0 saturated carbocycles. The second kappa shape index (κ2) is 6.64. The van der Waals surface area contributed by atoms with Crippen molar-refractivity contribution in [3.8, 4) is 11.5 Å². The fourth-order valence-electron chi connectivity index (χ4n) is 2.38. The topological polar surface area (TPSA) is 56.3 Å². The van der Waals surface area contributed by atoms with Gasteiger partial charge in [-0.2, -0.15) is 5.10 Å². The average molecular weight is 299 g/mol. The average Bonchev–Trinajstić information content (AvgIpc) is 2.53. The van der Waals surface area contributed by atoms with Crippen LogP contribution in [0.3, 0.4) is 0 Å². The molecule has 0 aliphatic carbocycles. The molecule has 0 fully saturated rings. The van der Waals surface area contributed by atoms with Gasteiger partial charge in [-0.15, -0.1) is 5.10 Å². The van der Waals surface area contributed by atoms with Crippen LogP contribution in [-0.4, -0.2) is 29.0 Å². The predicted molar refractivity (Wildman–Crippen MR) is 85.5 cm³/mol. The van der Waals surface area contributed by atoms with Gasteiger partial charge in [0, 0.05) is 6.04 Å². The van der Waals surface area contributed by atoms with Gasteiger partial charge < -0.3 is 14.8 Å². The zero-order chi connectivity index (χ0) is 15.4. The second-order valence-corrected chi connectivity index (χ2v) is 5.75. The van der Waals surface area contributed by atoms with Crippen LogP contribution in [0.1, 0.15) is 26.0 Å². The summed E-state index contributed by atoms with van der Waals surface area (Å²) in [4.78, 5) is 0. The lowest BCUT2D eigenvalue weighted by atomic mass is 10.1. The first-order valence-electron chi connectivity index (χ1n) is 7.68. The van der Waals surface area contributed by atoms with Crippen LogP contribution in [0.5, 0.6) is 11.5 Å². The van der Waals surface area contributed by atoms with Crippen molar-refractivity contribution in [1.29, 1.82) is 0 Å². The van der Waals surface area contributed by atoms with Crippen molar-refractivity contribution in [2.45, 2.75) is 38.8 Å². The van der Waals surface area contributed by atoms with Crippen LogP contribution >= 0.6 is 0 Å². The third kappa shape index (κ3) is 3.67. The van der Waals surface area contributed by atoms with E-state index in [1.807, 2.05) is 36.4 Å². The molecule has 22 heavy (non-hydrogen) atoms. The molecule has 5 nitrogen and oxygen atoms in total. The number of para-hydroxylation sites is 2. The van der Waals surface area contributed by atoms with E-state index in [0.29, 0.717) is 12.6 Å². The molecular weight excluding hydrogens is 278 g/mol. The summed E-state index contributed by atoms with van der Waals surface area (Å²) in [5, 5.41) is 11.7. The monoisotopic (exact) mass is 299 g/mol. The van der Waals surface area contributed by atoms with Gasteiger partial charge in [-0.25, -0.2) is 0 Å². The molecule has 0 spiro atoms. The number of nitrogens with zero attached hydrogens (tertiary/aromatic N) is 2. The second-order valence-electron chi connectivity index (χ2n) is 5.75. The number of ether oxygens (including phenoxy) is 2. The lowest BCUT2D eigenvalue weighted by Crippen LogP contribution is -2.29. The van der Waals surface area contributed by atoms with E-state index in [0.717, 1.165) is 35.9 Å². The molecular formula is C17H21N3O2. The fraction of sp³-hybridized carbons (Fsp3) is 0.412. The summed E-state index contributed by atoms with van der Waals surface area (Å²) in [5.41, 5.74) is 0.969. The van der Waals surface area contributed by atoms with Gasteiger partial charge in [0.25, 0.3) is 0 Å². The van der Waals surface area contributed by atoms with Crippen LogP contribution in [0.25, 0.3) is 0 Å². The molecule has 0 bridgehead atoms. The molecule has 1 atom stereocenters. The highest BCUT2D eigenvalue weighted by Crippen LogP contribution is 2.31. The first-order valence-corrected chi connectivity index (χ1v) is 7.68. The molecule has 1 aromatic heterocycles. The molecule has 116 valence electrons. The van der Waals surface area contributed by atoms with Crippen molar-refractivity contribution < 1.29 is 9.47 Å². The Morgan fingerprint density at radius 2 is 1.95 bits per heavy atom. The number of hydrogen-bond donors (Lipinski definition) is 1. The molecule has 3 rings (SSSR count). The summed E-state index contributed by atoms with van der Waals surface area (Å²) in [5.74, 6) is 2.45. The number of fused-ring (bicyclic) bond motifs is 1. The third-order valence-electron chi connectivity index (χ3n) is 3.45. The van der Waals surface area contributed by atoms with Crippen molar-refractivity contribution in [1.82, 2.24) is 10.2 Å². The van der Waals surface area contributed by atoms with Crippen molar-refractivity contribution in [2.24, 2.45) is 0 Å². The molecule has 0 saturated heterocycles. The van der Waals surface area contributed by atoms with Gasteiger partial charge in [0.2, 0.25) is 0 Å². The molecule has 0 radical (unpaired) electrons. The van der Waals surface area contributed by atoms with Crippen LogP contribution in [0, 0.1) is 0 Å². The van der Waals surface area contributed by atoms with E-state index < -0.39 is 0 Å². The largest absolute Gasteiger partial charge is 0.486 e. The van der Waals surface area contributed by atoms with E-state index in [1.54, 1.807) is 0 Å². The van der Waals surface area contributed by atoms with Gasteiger partial charge in [0.15, 0.2) is 11.5 Å². The Morgan fingerprint density at radius 1 is 1.14 bits per heavy atom. The lowest BCUT2D eigenvalue weighted by Gasteiger charge is -2.26. The molecule has 1 aromatic carbocycles. The molecule has 2 heterocycles. The van der Waals surface area contributed by atoms with Crippen LogP contribution < -0.4 is 14.8 Å². The minimum absolute atomic E-state index is 0.0603. The van der Waals surface area contributed by atoms with E-state index in [-0.39, 0.29) is 6.10 Å². The number of aryl methyl sites for hydroxylation is 1. The molecule has 2 aromatic rings. The number of benzene rings is 1. The maximum absolute atomic E-state index is 5.94. The van der Waals surface area contributed by atoms with E-state index in [1.165, 1.54) is 0 Å². The van der Waals surface area contributed by atoms with Gasteiger partial charge >= 0.3 is 0 Å². The number of hydrogen-bond acceptors (Lipinski definition) is 5. The van der Waals surface area contributed by atoms with E-state index in [2.05, 4.69) is 29.4 Å². The molecule has 0 amide bonds. The number of rotatable bonds is 5. The normalized spacial score (nSPS) is 16.6. The highest BCUT2D eigenvalue weighted by Gasteiger charge is 2.20. The minimum Gasteiger partial charge on any atom is -0.486 e. The number of nitrogens with one attached hydrogen (secondary N) is 1. The summed E-state index contributed by atoms with van der Waals surface area (Å²) < 4.78 is 11.7. The standard InChI is InChI=1S/C17H21N3O2/c1-12(2)18-17-10-8-13(19-20-17)7-9-14-11-21-15-5-3-4-6-16(15)22-14/h3-6,8,10,12,14H,7,9,11H2,1-2H3,(H,18,20)/t14-/m0/s1. The van der Waals surface area contributed by atoms with Crippen LogP contribution in [0.4, 0.5) is 5.82 Å². The first-order chi connectivity index (χ1) is 10.7. The molecule has 1 aliphatic heterocycles. The van der Waals surface area contributed by atoms with E-state index in [4.69, 9.17) is 9.47 Å². The third-order valence-corrected chi connectivity index (χ3v) is 3.45. The predicted octanol–water partition coefficient (Wildman–Crippen LogP) is 3.07. The van der Waals surface area contributed by atoms with Gasteiger partial charge in [-0.05, 0) is 51.0 Å². The maximum Gasteiger partial charge on any atom is 0.161 e. The lowest BCUT2D eigenvalue weighted by molar-refractivity contribution is 0.0849. The van der Waals surface area contributed by atoms with E-state index >= 15 is 0 Å². The molecule has 1 N–H and O–H groups in total. The zero-order valence-corrected chi connectivity index (χ0v) is 13.0. The van der Waals surface area contributed by atoms with Crippen molar-refractivity contribution in [2.75, 3.05) is 11.9 Å². The summed E-state index contributed by atoms with van der Waals surface area (Å²) in [6.45, 7) is 4.74. The summed E-state index contributed by atoms with van der Waals surface area (Å²) in [6, 6.07) is 12.1. The highest BCUT2D eigenvalue weighted by atomic mass is 16.6. The Hall–Kier alpha value is -2.30. The zero-order valence-electron chi connectivity index (χ0n) is 13.0. The SMILES string of the molecule is CC(C)Nc1ccc(CC[C@H]2COc3ccccc3O2)nn1. The fourth-order valence-corrected chi connectivity index (χ4v) is 2.38. The Kier molecular flexibility index (Phi) is 4.42. The smallest absolute Gasteiger partial charge is 0.161 e. The van der Waals surface area contributed by atoms with Gasteiger partial charge in [-0.1, -0.05) is 12.1 Å². The Morgan fingerprint density at radius 3 is 2.68 bits per heavy atom. The quantitative estimate of drug-likeness (QED) is 0.919. The molecule has 0 unspecified atom stereocenters.